The Labute approximate surface area is 48.3 Å². The van der Waals surface area contributed by atoms with Crippen LogP contribution in [0.25, 0.3) is 0 Å². The lowest BCUT2D eigenvalue weighted by molar-refractivity contribution is 1.44. The van der Waals surface area contributed by atoms with Gasteiger partial charge in [0.05, 0.1) is 17.1 Å². The predicted molar refractivity (Wildman–Crippen MR) is 34.5 cm³/mol. The molecule has 0 amide bonds. The largest absolute Gasteiger partial charge is 0.303 e. The van der Waals surface area contributed by atoms with Crippen molar-refractivity contribution in [1.82, 2.24) is 0 Å². The van der Waals surface area contributed by atoms with E-state index in [1.54, 1.807) is 0 Å². The van der Waals surface area contributed by atoms with Crippen molar-refractivity contribution in [1.29, 1.82) is 16.2 Å². The fourth-order valence-electron chi connectivity index (χ4n) is 0.281. The lowest BCUT2D eigenvalue weighted by Gasteiger charge is -1.93. The van der Waals surface area contributed by atoms with Gasteiger partial charge in [0.1, 0.15) is 0 Å². The highest BCUT2D eigenvalue weighted by Gasteiger charge is 1.98. The van der Waals surface area contributed by atoms with Crippen LogP contribution in [0.1, 0.15) is 13.8 Å². The van der Waals surface area contributed by atoms with Gasteiger partial charge in [-0.3, -0.25) is 5.41 Å². The molecule has 0 bridgehead atoms. The third kappa shape index (κ3) is 1.64. The summed E-state index contributed by atoms with van der Waals surface area (Å²) < 4.78 is 0. The Morgan fingerprint density at radius 1 is 0.875 bits per heavy atom. The van der Waals surface area contributed by atoms with Gasteiger partial charge in [-0.2, -0.15) is 0 Å². The van der Waals surface area contributed by atoms with E-state index in [9.17, 15) is 0 Å². The molecule has 0 aromatic carbocycles. The van der Waals surface area contributed by atoms with Crippen molar-refractivity contribution in [3.63, 3.8) is 0 Å². The molecule has 3 heteroatoms. The molecule has 0 aliphatic carbocycles. The van der Waals surface area contributed by atoms with Crippen molar-refractivity contribution in [3.8, 4) is 0 Å². The second kappa shape index (κ2) is 2.35. The quantitative estimate of drug-likeness (QED) is 0.446. The van der Waals surface area contributed by atoms with Gasteiger partial charge in [0.25, 0.3) is 0 Å². The highest BCUT2D eigenvalue weighted by atomic mass is 14.6. The first-order chi connectivity index (χ1) is 3.55. The Morgan fingerprint density at radius 3 is 1.12 bits per heavy atom. The van der Waals surface area contributed by atoms with Crippen molar-refractivity contribution in [2.45, 2.75) is 13.8 Å². The van der Waals surface area contributed by atoms with Crippen LogP contribution < -0.4 is 0 Å². The molecule has 3 N–H and O–H groups in total. The zero-order valence-electron chi connectivity index (χ0n) is 5.00. The Bertz CT molecular complexity index is 130. The second-order valence-electron chi connectivity index (χ2n) is 1.62. The number of hydrogen-bond acceptors (Lipinski definition) is 3. The lowest BCUT2D eigenvalue weighted by Crippen LogP contribution is -2.15. The number of nitrogens with one attached hydrogen (secondary N) is 3. The summed E-state index contributed by atoms with van der Waals surface area (Å²) in [5, 5.41) is 20.7. The molecule has 3 nitrogen and oxygen atoms in total. The zero-order valence-corrected chi connectivity index (χ0v) is 5.00. The molecule has 0 spiro atoms. The zero-order chi connectivity index (χ0) is 6.73. The Kier molecular flexibility index (Phi) is 2.06. The molecule has 0 heterocycles. The van der Waals surface area contributed by atoms with E-state index in [2.05, 4.69) is 0 Å². The molecule has 0 aliphatic heterocycles. The van der Waals surface area contributed by atoms with Crippen LogP contribution >= 0.6 is 0 Å². The molecule has 0 saturated carbocycles. The molecule has 0 atom stereocenters. The first kappa shape index (κ1) is 7.01. The summed E-state index contributed by atoms with van der Waals surface area (Å²) in [7, 11) is 0. The second-order valence-corrected chi connectivity index (χ2v) is 1.62. The Hall–Kier alpha value is -0.990. The van der Waals surface area contributed by atoms with Crippen molar-refractivity contribution in [3.05, 3.63) is 0 Å². The maximum Gasteiger partial charge on any atom is 0.0949 e. The SMILES string of the molecule is CC(=N)C(=N)C(C)=N. The molecular formula is C5H9N3. The van der Waals surface area contributed by atoms with Crippen LogP contribution in [0.4, 0.5) is 0 Å². The van der Waals surface area contributed by atoms with Crippen LogP contribution in [-0.2, 0) is 0 Å². The van der Waals surface area contributed by atoms with Crippen LogP contribution in [0.3, 0.4) is 0 Å². The van der Waals surface area contributed by atoms with Crippen LogP contribution in [0, 0.1) is 16.2 Å². The third-order valence-corrected chi connectivity index (χ3v) is 0.750. The van der Waals surface area contributed by atoms with Crippen molar-refractivity contribution in [2.75, 3.05) is 0 Å². The summed E-state index contributed by atoms with van der Waals surface area (Å²) in [5.41, 5.74) is 0.319. The summed E-state index contributed by atoms with van der Waals surface area (Å²) >= 11 is 0. The summed E-state index contributed by atoms with van der Waals surface area (Å²) in [4.78, 5) is 0. The van der Waals surface area contributed by atoms with Crippen LogP contribution in [0.2, 0.25) is 0 Å². The van der Waals surface area contributed by atoms with E-state index in [0.29, 0.717) is 0 Å². The average Bonchev–Trinajstić information content (AvgIpc) is 1.64. The van der Waals surface area contributed by atoms with Gasteiger partial charge in [-0.05, 0) is 13.8 Å². The molecule has 0 aliphatic rings. The minimum absolute atomic E-state index is 0.0185. The first-order valence-electron chi connectivity index (χ1n) is 2.25. The molecule has 0 unspecified atom stereocenters. The summed E-state index contributed by atoms with van der Waals surface area (Å²) in [6.07, 6.45) is 0. The molecule has 44 valence electrons. The monoisotopic (exact) mass is 111 g/mol. The average molecular weight is 111 g/mol. The molecule has 0 radical (unpaired) electrons. The van der Waals surface area contributed by atoms with E-state index in [4.69, 9.17) is 16.2 Å². The normalized spacial score (nSPS) is 8.25. The van der Waals surface area contributed by atoms with E-state index in [1.165, 1.54) is 13.8 Å². The van der Waals surface area contributed by atoms with Crippen LogP contribution in [0.5, 0.6) is 0 Å². The Balaban J connectivity index is 4.05. The number of rotatable bonds is 2. The molecular weight excluding hydrogens is 102 g/mol. The van der Waals surface area contributed by atoms with Crippen molar-refractivity contribution < 1.29 is 0 Å². The summed E-state index contributed by atoms with van der Waals surface area (Å²) in [6.45, 7) is 3.00. The van der Waals surface area contributed by atoms with E-state index < -0.39 is 0 Å². The fraction of sp³-hybridized carbons (Fsp3) is 0.400. The Morgan fingerprint density at radius 2 is 1.12 bits per heavy atom. The summed E-state index contributed by atoms with van der Waals surface area (Å²) in [6, 6.07) is 0. The minimum Gasteiger partial charge on any atom is -0.303 e. The van der Waals surface area contributed by atoms with Gasteiger partial charge >= 0.3 is 0 Å². The molecule has 0 rings (SSSR count). The van der Waals surface area contributed by atoms with Gasteiger partial charge in [0.2, 0.25) is 0 Å². The highest BCUT2D eigenvalue weighted by molar-refractivity contribution is 6.65. The highest BCUT2D eigenvalue weighted by Crippen LogP contribution is 1.78. The predicted octanol–water partition coefficient (Wildman–Crippen LogP) is 1.09. The van der Waals surface area contributed by atoms with Crippen LogP contribution in [0.15, 0.2) is 0 Å². The van der Waals surface area contributed by atoms with E-state index in [0.717, 1.165) is 0 Å². The van der Waals surface area contributed by atoms with Gasteiger partial charge in [-0.1, -0.05) is 0 Å². The van der Waals surface area contributed by atoms with Gasteiger partial charge in [0.15, 0.2) is 0 Å². The van der Waals surface area contributed by atoms with Crippen LogP contribution in [-0.4, -0.2) is 17.1 Å². The molecule has 8 heavy (non-hydrogen) atoms. The van der Waals surface area contributed by atoms with Gasteiger partial charge in [-0.25, -0.2) is 0 Å². The van der Waals surface area contributed by atoms with Gasteiger partial charge < -0.3 is 10.8 Å². The maximum absolute atomic E-state index is 6.95. The lowest BCUT2D eigenvalue weighted by atomic mass is 10.2. The fourth-order valence-corrected chi connectivity index (χ4v) is 0.281. The third-order valence-electron chi connectivity index (χ3n) is 0.750. The molecule has 0 saturated heterocycles. The minimum atomic E-state index is 0.0185. The molecule has 0 aromatic rings. The van der Waals surface area contributed by atoms with Gasteiger partial charge in [-0.15, -0.1) is 0 Å². The standard InChI is InChI=1S/C5H9N3/c1-3(6)5(8)4(2)7/h6-8H,1-2H3. The molecule has 0 aromatic heterocycles. The maximum atomic E-state index is 6.95. The van der Waals surface area contributed by atoms with Crippen molar-refractivity contribution in [2.24, 2.45) is 0 Å². The van der Waals surface area contributed by atoms with E-state index in [-0.39, 0.29) is 17.1 Å². The van der Waals surface area contributed by atoms with E-state index in [1.807, 2.05) is 0 Å². The van der Waals surface area contributed by atoms with E-state index >= 15 is 0 Å². The topological polar surface area (TPSA) is 71.6 Å². The molecule has 0 fully saturated rings. The summed E-state index contributed by atoms with van der Waals surface area (Å²) in [5.74, 6) is 0. The van der Waals surface area contributed by atoms with Gasteiger partial charge in [0, 0.05) is 0 Å². The first-order valence-corrected chi connectivity index (χ1v) is 2.25. The van der Waals surface area contributed by atoms with Crippen molar-refractivity contribution >= 4 is 17.1 Å². The smallest absolute Gasteiger partial charge is 0.0949 e. The number of hydrogen-bond donors (Lipinski definition) is 3.